The standard InChI is InChI=1S/C14H21N5OS/c1-13(2)7-19(8-14(3,4)20-13)10-9-5-6-21-11(9)17-12(16-10)18-15/h5-6H,7-8,15H2,1-4H3,(H,16,17,18). The number of anilines is 2. The van der Waals surface area contributed by atoms with Crippen LogP contribution in [0.15, 0.2) is 11.4 Å². The number of nitrogens with zero attached hydrogens (tertiary/aromatic N) is 3. The quantitative estimate of drug-likeness (QED) is 0.655. The second kappa shape index (κ2) is 4.79. The molecule has 1 aliphatic rings. The van der Waals surface area contributed by atoms with Crippen LogP contribution in [0.25, 0.3) is 10.2 Å². The fourth-order valence-electron chi connectivity index (χ4n) is 3.08. The zero-order valence-electron chi connectivity index (χ0n) is 12.8. The first-order valence-electron chi connectivity index (χ1n) is 6.97. The fraction of sp³-hybridized carbons (Fsp3) is 0.571. The second-order valence-electron chi connectivity index (χ2n) is 6.63. The molecule has 7 heteroatoms. The summed E-state index contributed by atoms with van der Waals surface area (Å²) in [6, 6.07) is 2.06. The van der Waals surface area contributed by atoms with Crippen LogP contribution in [-0.4, -0.2) is 34.3 Å². The highest BCUT2D eigenvalue weighted by Gasteiger charge is 2.39. The summed E-state index contributed by atoms with van der Waals surface area (Å²) in [7, 11) is 0. The Balaban J connectivity index is 2.08. The van der Waals surface area contributed by atoms with Crippen LogP contribution in [0.3, 0.4) is 0 Å². The van der Waals surface area contributed by atoms with Gasteiger partial charge in [-0.15, -0.1) is 11.3 Å². The highest BCUT2D eigenvalue weighted by Crippen LogP contribution is 2.35. The number of nitrogens with one attached hydrogen (secondary N) is 1. The van der Waals surface area contributed by atoms with Crippen LogP contribution < -0.4 is 16.2 Å². The minimum Gasteiger partial charge on any atom is -0.366 e. The van der Waals surface area contributed by atoms with E-state index >= 15 is 0 Å². The van der Waals surface area contributed by atoms with E-state index in [-0.39, 0.29) is 11.2 Å². The predicted molar refractivity (Wildman–Crippen MR) is 86.7 cm³/mol. The Bertz CT molecular complexity index is 650. The molecule has 0 unspecified atom stereocenters. The third-order valence-corrected chi connectivity index (χ3v) is 4.24. The van der Waals surface area contributed by atoms with Gasteiger partial charge in [-0.1, -0.05) is 0 Å². The number of fused-ring (bicyclic) bond motifs is 1. The van der Waals surface area contributed by atoms with Crippen molar-refractivity contribution in [3.8, 4) is 0 Å². The molecule has 3 rings (SSSR count). The molecular formula is C14H21N5OS. The van der Waals surface area contributed by atoms with Gasteiger partial charge in [0, 0.05) is 13.1 Å². The van der Waals surface area contributed by atoms with E-state index in [2.05, 4.69) is 54.1 Å². The number of nitrogen functional groups attached to an aromatic ring is 1. The SMILES string of the molecule is CC1(C)CN(c2nc(NN)nc3sccc23)CC(C)(C)O1. The van der Waals surface area contributed by atoms with Crippen LogP contribution in [0.4, 0.5) is 11.8 Å². The van der Waals surface area contributed by atoms with Gasteiger partial charge < -0.3 is 9.64 Å². The maximum Gasteiger partial charge on any atom is 0.240 e. The lowest BCUT2D eigenvalue weighted by atomic mass is 9.99. The molecule has 114 valence electrons. The molecule has 1 saturated heterocycles. The third kappa shape index (κ3) is 2.81. The average Bonchev–Trinajstić information content (AvgIpc) is 2.81. The summed E-state index contributed by atoms with van der Waals surface area (Å²) in [5.74, 6) is 6.86. The van der Waals surface area contributed by atoms with Gasteiger partial charge in [0.2, 0.25) is 5.95 Å². The van der Waals surface area contributed by atoms with Crippen molar-refractivity contribution in [2.24, 2.45) is 5.84 Å². The van der Waals surface area contributed by atoms with Crippen molar-refractivity contribution >= 4 is 33.3 Å². The van der Waals surface area contributed by atoms with Crippen molar-refractivity contribution in [2.75, 3.05) is 23.4 Å². The fourth-order valence-corrected chi connectivity index (χ4v) is 3.84. The molecular weight excluding hydrogens is 286 g/mol. The molecule has 1 aliphatic heterocycles. The lowest BCUT2D eigenvalue weighted by Gasteiger charge is -2.47. The Kier molecular flexibility index (Phi) is 3.31. The minimum atomic E-state index is -0.231. The molecule has 0 aromatic carbocycles. The highest BCUT2D eigenvalue weighted by atomic mass is 32.1. The van der Waals surface area contributed by atoms with Gasteiger partial charge in [-0.2, -0.15) is 4.98 Å². The Labute approximate surface area is 128 Å². The van der Waals surface area contributed by atoms with Gasteiger partial charge in [0.25, 0.3) is 0 Å². The van der Waals surface area contributed by atoms with Gasteiger partial charge in [0.1, 0.15) is 10.6 Å². The molecule has 0 amide bonds. The van der Waals surface area contributed by atoms with Gasteiger partial charge in [-0.25, -0.2) is 10.8 Å². The van der Waals surface area contributed by atoms with E-state index in [1.54, 1.807) is 11.3 Å². The molecule has 0 saturated carbocycles. The van der Waals surface area contributed by atoms with Crippen molar-refractivity contribution in [3.63, 3.8) is 0 Å². The summed E-state index contributed by atoms with van der Waals surface area (Å²) in [5.41, 5.74) is 2.09. The van der Waals surface area contributed by atoms with Crippen molar-refractivity contribution in [1.82, 2.24) is 9.97 Å². The van der Waals surface area contributed by atoms with E-state index in [4.69, 9.17) is 10.6 Å². The van der Waals surface area contributed by atoms with E-state index in [9.17, 15) is 0 Å². The molecule has 1 fully saturated rings. The maximum atomic E-state index is 6.14. The van der Waals surface area contributed by atoms with Gasteiger partial charge >= 0.3 is 0 Å². The topological polar surface area (TPSA) is 76.3 Å². The van der Waals surface area contributed by atoms with Crippen LogP contribution in [0.1, 0.15) is 27.7 Å². The first-order valence-corrected chi connectivity index (χ1v) is 7.85. The molecule has 6 nitrogen and oxygen atoms in total. The minimum absolute atomic E-state index is 0.231. The van der Waals surface area contributed by atoms with E-state index in [1.165, 1.54) is 0 Å². The van der Waals surface area contributed by atoms with Crippen molar-refractivity contribution in [3.05, 3.63) is 11.4 Å². The average molecular weight is 307 g/mol. The summed E-state index contributed by atoms with van der Waals surface area (Å²) in [6.07, 6.45) is 0. The largest absolute Gasteiger partial charge is 0.366 e. The number of hydrazine groups is 1. The number of hydrogen-bond acceptors (Lipinski definition) is 7. The van der Waals surface area contributed by atoms with E-state index in [1.807, 2.05) is 5.38 Å². The number of nitrogens with two attached hydrogens (primary N) is 1. The zero-order valence-corrected chi connectivity index (χ0v) is 13.6. The Hall–Kier alpha value is -1.44. The molecule has 2 aromatic rings. The lowest BCUT2D eigenvalue weighted by molar-refractivity contribution is -0.133. The second-order valence-corrected chi connectivity index (χ2v) is 7.53. The van der Waals surface area contributed by atoms with Crippen LogP contribution in [-0.2, 0) is 4.74 Å². The monoisotopic (exact) mass is 307 g/mol. The Morgan fingerprint density at radius 3 is 2.52 bits per heavy atom. The lowest BCUT2D eigenvalue weighted by Crippen LogP contribution is -2.57. The molecule has 0 radical (unpaired) electrons. The van der Waals surface area contributed by atoms with Gasteiger partial charge in [-0.3, -0.25) is 5.43 Å². The first kappa shape index (κ1) is 14.5. The summed E-state index contributed by atoms with van der Waals surface area (Å²) < 4.78 is 6.14. The van der Waals surface area contributed by atoms with Crippen LogP contribution >= 0.6 is 11.3 Å². The number of hydrogen-bond donors (Lipinski definition) is 2. The molecule has 0 bridgehead atoms. The molecule has 0 spiro atoms. The summed E-state index contributed by atoms with van der Waals surface area (Å²) in [6.45, 7) is 9.98. The van der Waals surface area contributed by atoms with Crippen LogP contribution in [0, 0.1) is 0 Å². The summed E-state index contributed by atoms with van der Waals surface area (Å²) >= 11 is 1.59. The normalized spacial score (nSPS) is 20.7. The number of morpholine rings is 1. The van der Waals surface area contributed by atoms with E-state index in [0.29, 0.717) is 5.95 Å². The summed E-state index contributed by atoms with van der Waals surface area (Å²) in [5, 5.41) is 3.09. The number of thiophene rings is 1. The molecule has 0 aliphatic carbocycles. The number of ether oxygens (including phenoxy) is 1. The van der Waals surface area contributed by atoms with Crippen LogP contribution in [0.5, 0.6) is 0 Å². The van der Waals surface area contributed by atoms with E-state index in [0.717, 1.165) is 29.1 Å². The summed E-state index contributed by atoms with van der Waals surface area (Å²) in [4.78, 5) is 12.2. The molecule has 0 atom stereocenters. The first-order chi connectivity index (χ1) is 9.80. The number of rotatable bonds is 2. The smallest absolute Gasteiger partial charge is 0.240 e. The molecule has 2 aromatic heterocycles. The predicted octanol–water partition coefficient (Wildman–Crippen LogP) is 2.37. The maximum absolute atomic E-state index is 6.14. The van der Waals surface area contributed by atoms with Crippen LogP contribution in [0.2, 0.25) is 0 Å². The molecule has 3 heterocycles. The highest BCUT2D eigenvalue weighted by molar-refractivity contribution is 7.16. The number of aromatic nitrogens is 2. The van der Waals surface area contributed by atoms with Gasteiger partial charge in [0.05, 0.1) is 16.6 Å². The van der Waals surface area contributed by atoms with Crippen molar-refractivity contribution in [2.45, 2.75) is 38.9 Å². The van der Waals surface area contributed by atoms with Crippen molar-refractivity contribution < 1.29 is 4.74 Å². The van der Waals surface area contributed by atoms with Gasteiger partial charge in [-0.05, 0) is 39.1 Å². The third-order valence-electron chi connectivity index (χ3n) is 3.43. The Morgan fingerprint density at radius 2 is 1.90 bits per heavy atom. The van der Waals surface area contributed by atoms with E-state index < -0.39 is 0 Å². The van der Waals surface area contributed by atoms with Gasteiger partial charge in [0.15, 0.2) is 0 Å². The molecule has 3 N–H and O–H groups in total. The Morgan fingerprint density at radius 1 is 1.24 bits per heavy atom. The van der Waals surface area contributed by atoms with Crippen molar-refractivity contribution in [1.29, 1.82) is 0 Å². The zero-order chi connectivity index (χ0) is 15.3. The molecule has 21 heavy (non-hydrogen) atoms.